The molecule has 2 bridgehead atoms. The maximum atomic E-state index is 12.4. The minimum atomic E-state index is 0.133. The van der Waals surface area contributed by atoms with Gasteiger partial charge in [0.1, 0.15) is 0 Å². The van der Waals surface area contributed by atoms with Crippen molar-refractivity contribution in [3.8, 4) is 0 Å². The Hall–Kier alpha value is -0.220. The summed E-state index contributed by atoms with van der Waals surface area (Å²) >= 11 is 1.82. The second-order valence-electron chi connectivity index (χ2n) is 5.58. The van der Waals surface area contributed by atoms with Crippen LogP contribution in [0.2, 0.25) is 0 Å². The van der Waals surface area contributed by atoms with Crippen LogP contribution in [0.15, 0.2) is 0 Å². The van der Waals surface area contributed by atoms with Gasteiger partial charge in [0, 0.05) is 25.2 Å². The molecule has 2 heterocycles. The molecule has 0 spiro atoms. The van der Waals surface area contributed by atoms with Gasteiger partial charge in [-0.1, -0.05) is 13.3 Å². The van der Waals surface area contributed by atoms with Crippen LogP contribution in [0, 0.1) is 0 Å². The third-order valence-electron chi connectivity index (χ3n) is 4.05. The van der Waals surface area contributed by atoms with Crippen molar-refractivity contribution in [2.24, 2.45) is 0 Å². The van der Waals surface area contributed by atoms with E-state index >= 15 is 0 Å². The van der Waals surface area contributed by atoms with Crippen LogP contribution in [0.3, 0.4) is 0 Å². The van der Waals surface area contributed by atoms with Gasteiger partial charge >= 0.3 is 0 Å². The SMILES string of the molecule is CCCCSC(C)C(=O)N1CCC2CCC(C1)N2. The predicted octanol–water partition coefficient (Wildman–Crippen LogP) is 2.26. The van der Waals surface area contributed by atoms with Gasteiger partial charge in [-0.05, 0) is 38.4 Å². The van der Waals surface area contributed by atoms with Crippen molar-refractivity contribution in [2.45, 2.75) is 63.3 Å². The summed E-state index contributed by atoms with van der Waals surface area (Å²) in [4.78, 5) is 14.5. The number of rotatable bonds is 5. The lowest BCUT2D eigenvalue weighted by atomic mass is 10.1. The number of carbonyl (C=O) groups is 1. The number of nitrogens with zero attached hydrogens (tertiary/aromatic N) is 1. The molecule has 3 unspecified atom stereocenters. The summed E-state index contributed by atoms with van der Waals surface area (Å²) in [6.45, 7) is 6.14. The molecule has 4 heteroatoms. The number of thioether (sulfide) groups is 1. The van der Waals surface area contributed by atoms with Gasteiger partial charge in [0.05, 0.1) is 5.25 Å². The molecule has 0 aromatic rings. The monoisotopic (exact) mass is 270 g/mol. The normalized spacial score (nSPS) is 29.1. The number of hydrogen-bond donors (Lipinski definition) is 1. The maximum absolute atomic E-state index is 12.4. The number of carbonyl (C=O) groups excluding carboxylic acids is 1. The number of nitrogens with one attached hydrogen (secondary N) is 1. The molecule has 0 radical (unpaired) electrons. The van der Waals surface area contributed by atoms with E-state index in [2.05, 4.69) is 24.1 Å². The van der Waals surface area contributed by atoms with Gasteiger partial charge in [0.25, 0.3) is 0 Å². The Morgan fingerprint density at radius 3 is 2.94 bits per heavy atom. The van der Waals surface area contributed by atoms with Crippen LogP contribution in [-0.4, -0.2) is 47.0 Å². The fourth-order valence-electron chi connectivity index (χ4n) is 2.88. The van der Waals surface area contributed by atoms with Gasteiger partial charge in [-0.15, -0.1) is 11.8 Å². The van der Waals surface area contributed by atoms with E-state index < -0.39 is 0 Å². The smallest absolute Gasteiger partial charge is 0.235 e. The Bertz CT molecular complexity index is 285. The Balaban J connectivity index is 1.80. The van der Waals surface area contributed by atoms with E-state index in [9.17, 15) is 4.79 Å². The Labute approximate surface area is 115 Å². The Morgan fingerprint density at radius 2 is 2.17 bits per heavy atom. The first-order chi connectivity index (χ1) is 8.70. The molecule has 0 aliphatic carbocycles. The molecule has 104 valence electrons. The lowest BCUT2D eigenvalue weighted by molar-refractivity contribution is -0.130. The van der Waals surface area contributed by atoms with Crippen molar-refractivity contribution in [3.63, 3.8) is 0 Å². The number of likely N-dealkylation sites (tertiary alicyclic amines) is 1. The van der Waals surface area contributed by atoms with E-state index in [0.29, 0.717) is 18.0 Å². The highest BCUT2D eigenvalue weighted by Gasteiger charge is 2.32. The zero-order valence-corrected chi connectivity index (χ0v) is 12.5. The average molecular weight is 270 g/mol. The minimum Gasteiger partial charge on any atom is -0.340 e. The van der Waals surface area contributed by atoms with Gasteiger partial charge in [-0.2, -0.15) is 0 Å². The molecule has 3 atom stereocenters. The summed E-state index contributed by atoms with van der Waals surface area (Å²) < 4.78 is 0. The van der Waals surface area contributed by atoms with Crippen LogP contribution in [0.1, 0.15) is 46.0 Å². The van der Waals surface area contributed by atoms with E-state index in [1.165, 1.54) is 25.7 Å². The van der Waals surface area contributed by atoms with Gasteiger partial charge in [-0.3, -0.25) is 4.79 Å². The predicted molar refractivity (Wildman–Crippen MR) is 78.0 cm³/mol. The molecule has 2 rings (SSSR count). The largest absolute Gasteiger partial charge is 0.340 e. The third kappa shape index (κ3) is 3.64. The highest BCUT2D eigenvalue weighted by atomic mass is 32.2. The van der Waals surface area contributed by atoms with E-state index in [0.717, 1.165) is 25.3 Å². The highest BCUT2D eigenvalue weighted by Crippen LogP contribution is 2.23. The quantitative estimate of drug-likeness (QED) is 0.778. The third-order valence-corrected chi connectivity index (χ3v) is 5.27. The van der Waals surface area contributed by atoms with Gasteiger partial charge in [-0.25, -0.2) is 0 Å². The molecule has 2 aliphatic rings. The first-order valence-electron chi connectivity index (χ1n) is 7.37. The Morgan fingerprint density at radius 1 is 1.39 bits per heavy atom. The lowest BCUT2D eigenvalue weighted by Gasteiger charge is -2.27. The van der Waals surface area contributed by atoms with Crippen molar-refractivity contribution in [3.05, 3.63) is 0 Å². The van der Waals surface area contributed by atoms with Crippen LogP contribution >= 0.6 is 11.8 Å². The second kappa shape index (κ2) is 6.80. The first kappa shape index (κ1) is 14.2. The summed E-state index contributed by atoms with van der Waals surface area (Å²) in [5, 5.41) is 3.76. The molecular weight excluding hydrogens is 244 g/mol. The van der Waals surface area contributed by atoms with Crippen molar-refractivity contribution in [1.82, 2.24) is 10.2 Å². The standard InChI is InChI=1S/C14H26N2OS/c1-3-4-9-18-11(2)14(17)16-8-7-12-5-6-13(10-16)15-12/h11-13,15H,3-10H2,1-2H3. The van der Waals surface area contributed by atoms with Crippen LogP contribution < -0.4 is 5.32 Å². The molecule has 2 saturated heterocycles. The number of hydrogen-bond acceptors (Lipinski definition) is 3. The summed E-state index contributed by atoms with van der Waals surface area (Å²) in [7, 11) is 0. The number of amides is 1. The lowest BCUT2D eigenvalue weighted by Crippen LogP contribution is -2.42. The minimum absolute atomic E-state index is 0.133. The molecule has 1 N–H and O–H groups in total. The van der Waals surface area contributed by atoms with E-state index in [1.807, 2.05) is 11.8 Å². The van der Waals surface area contributed by atoms with E-state index in [4.69, 9.17) is 0 Å². The molecule has 0 aromatic heterocycles. The molecular formula is C14H26N2OS. The first-order valence-corrected chi connectivity index (χ1v) is 8.42. The van der Waals surface area contributed by atoms with Gasteiger partial charge in [0.15, 0.2) is 0 Å². The zero-order valence-electron chi connectivity index (χ0n) is 11.7. The highest BCUT2D eigenvalue weighted by molar-refractivity contribution is 8.00. The van der Waals surface area contributed by atoms with E-state index in [1.54, 1.807) is 0 Å². The molecule has 18 heavy (non-hydrogen) atoms. The molecule has 2 aliphatic heterocycles. The zero-order chi connectivity index (χ0) is 13.0. The van der Waals surface area contributed by atoms with Crippen LogP contribution in [0.5, 0.6) is 0 Å². The summed E-state index contributed by atoms with van der Waals surface area (Å²) in [5.74, 6) is 1.46. The second-order valence-corrected chi connectivity index (χ2v) is 7.03. The van der Waals surface area contributed by atoms with Crippen molar-refractivity contribution in [1.29, 1.82) is 0 Å². The van der Waals surface area contributed by atoms with Crippen molar-refractivity contribution >= 4 is 17.7 Å². The maximum Gasteiger partial charge on any atom is 0.235 e. The van der Waals surface area contributed by atoms with E-state index in [-0.39, 0.29) is 5.25 Å². The van der Waals surface area contributed by atoms with Gasteiger partial charge in [0.2, 0.25) is 5.91 Å². The summed E-state index contributed by atoms with van der Waals surface area (Å²) in [6, 6.07) is 1.21. The van der Waals surface area contributed by atoms with Crippen LogP contribution in [0.25, 0.3) is 0 Å². The molecule has 2 fully saturated rings. The fourth-order valence-corrected chi connectivity index (χ4v) is 3.98. The van der Waals surface area contributed by atoms with Crippen molar-refractivity contribution in [2.75, 3.05) is 18.8 Å². The molecule has 3 nitrogen and oxygen atoms in total. The molecule has 1 amide bonds. The molecule has 0 saturated carbocycles. The number of unbranched alkanes of at least 4 members (excludes halogenated alkanes) is 1. The van der Waals surface area contributed by atoms with Gasteiger partial charge < -0.3 is 10.2 Å². The number of fused-ring (bicyclic) bond motifs is 2. The molecule has 0 aromatic carbocycles. The van der Waals surface area contributed by atoms with Crippen molar-refractivity contribution < 1.29 is 4.79 Å². The van der Waals surface area contributed by atoms with Crippen LogP contribution in [-0.2, 0) is 4.79 Å². The Kier molecular flexibility index (Phi) is 5.37. The van der Waals surface area contributed by atoms with Crippen LogP contribution in [0.4, 0.5) is 0 Å². The topological polar surface area (TPSA) is 32.3 Å². The summed E-state index contributed by atoms with van der Waals surface area (Å²) in [5.41, 5.74) is 0. The summed E-state index contributed by atoms with van der Waals surface area (Å²) in [6.07, 6.45) is 6.10. The fraction of sp³-hybridized carbons (Fsp3) is 0.929. The average Bonchev–Trinajstić information content (AvgIpc) is 2.68.